The molecular formula is C11H17NO. The lowest BCUT2D eigenvalue weighted by Gasteiger charge is -2.10. The number of aryl methyl sites for hydroxylation is 1. The Hall–Kier alpha value is -0.890. The molecule has 1 rings (SSSR count). The second-order valence-corrected chi connectivity index (χ2v) is 3.04. The standard InChI is InChI=1S/C11H17NO/c1-4-10-6-7-11(12-8-10)9(3)13-5-2/h6-9H,4-5H2,1-3H3. The molecule has 0 aliphatic heterocycles. The second-order valence-electron chi connectivity index (χ2n) is 3.04. The average molecular weight is 179 g/mol. The molecule has 2 nitrogen and oxygen atoms in total. The zero-order chi connectivity index (χ0) is 9.68. The van der Waals surface area contributed by atoms with Crippen molar-refractivity contribution in [2.24, 2.45) is 0 Å². The summed E-state index contributed by atoms with van der Waals surface area (Å²) in [6, 6.07) is 4.15. The smallest absolute Gasteiger partial charge is 0.0966 e. The Kier molecular flexibility index (Phi) is 3.90. The zero-order valence-corrected chi connectivity index (χ0v) is 8.58. The number of nitrogens with zero attached hydrogens (tertiary/aromatic N) is 1. The predicted octanol–water partition coefficient (Wildman–Crippen LogP) is 2.74. The molecule has 13 heavy (non-hydrogen) atoms. The lowest BCUT2D eigenvalue weighted by molar-refractivity contribution is 0.0733. The molecule has 2 heteroatoms. The molecule has 0 radical (unpaired) electrons. The largest absolute Gasteiger partial charge is 0.373 e. The van der Waals surface area contributed by atoms with E-state index in [1.165, 1.54) is 5.56 Å². The monoisotopic (exact) mass is 179 g/mol. The van der Waals surface area contributed by atoms with E-state index in [4.69, 9.17) is 4.74 Å². The molecule has 0 aromatic carbocycles. The van der Waals surface area contributed by atoms with E-state index < -0.39 is 0 Å². The Morgan fingerprint density at radius 3 is 2.62 bits per heavy atom. The molecule has 0 amide bonds. The number of rotatable bonds is 4. The number of ether oxygens (including phenoxy) is 1. The van der Waals surface area contributed by atoms with E-state index in [9.17, 15) is 0 Å². The Labute approximate surface area is 80.0 Å². The fourth-order valence-electron chi connectivity index (χ4n) is 1.22. The summed E-state index contributed by atoms with van der Waals surface area (Å²) >= 11 is 0. The van der Waals surface area contributed by atoms with Gasteiger partial charge in [-0.3, -0.25) is 4.98 Å². The topological polar surface area (TPSA) is 22.1 Å². The Bertz CT molecular complexity index is 243. The van der Waals surface area contributed by atoms with Crippen molar-refractivity contribution in [3.8, 4) is 0 Å². The molecule has 1 atom stereocenters. The van der Waals surface area contributed by atoms with Crippen LogP contribution in [-0.2, 0) is 11.2 Å². The van der Waals surface area contributed by atoms with Crippen LogP contribution < -0.4 is 0 Å². The third-order valence-corrected chi connectivity index (χ3v) is 2.09. The van der Waals surface area contributed by atoms with E-state index in [1.807, 2.05) is 26.1 Å². The van der Waals surface area contributed by atoms with Gasteiger partial charge in [-0.1, -0.05) is 13.0 Å². The molecular weight excluding hydrogens is 162 g/mol. The minimum Gasteiger partial charge on any atom is -0.373 e. The van der Waals surface area contributed by atoms with E-state index in [0.29, 0.717) is 0 Å². The van der Waals surface area contributed by atoms with Crippen LogP contribution in [-0.4, -0.2) is 11.6 Å². The first-order valence-corrected chi connectivity index (χ1v) is 4.84. The van der Waals surface area contributed by atoms with Gasteiger partial charge in [-0.2, -0.15) is 0 Å². The molecule has 1 unspecified atom stereocenters. The van der Waals surface area contributed by atoms with Crippen molar-refractivity contribution in [1.29, 1.82) is 0 Å². The molecule has 1 heterocycles. The summed E-state index contributed by atoms with van der Waals surface area (Å²) in [6.45, 7) is 6.88. The van der Waals surface area contributed by atoms with Crippen molar-refractivity contribution in [2.45, 2.75) is 33.3 Å². The average Bonchev–Trinajstić information content (AvgIpc) is 2.18. The van der Waals surface area contributed by atoms with Gasteiger partial charge in [0, 0.05) is 12.8 Å². The summed E-state index contributed by atoms with van der Waals surface area (Å²) in [6.07, 6.45) is 3.07. The van der Waals surface area contributed by atoms with Crippen LogP contribution in [0.1, 0.15) is 38.1 Å². The van der Waals surface area contributed by atoms with Crippen LogP contribution in [0.25, 0.3) is 0 Å². The van der Waals surface area contributed by atoms with Crippen molar-refractivity contribution < 1.29 is 4.74 Å². The van der Waals surface area contributed by atoms with Gasteiger partial charge in [-0.05, 0) is 31.9 Å². The maximum absolute atomic E-state index is 5.44. The van der Waals surface area contributed by atoms with Gasteiger partial charge in [0.1, 0.15) is 0 Å². The highest BCUT2D eigenvalue weighted by Gasteiger charge is 2.04. The second kappa shape index (κ2) is 4.97. The van der Waals surface area contributed by atoms with Crippen molar-refractivity contribution in [3.63, 3.8) is 0 Å². The normalized spacial score (nSPS) is 12.8. The molecule has 0 aliphatic carbocycles. The van der Waals surface area contributed by atoms with E-state index in [1.54, 1.807) is 0 Å². The van der Waals surface area contributed by atoms with Crippen LogP contribution in [0.3, 0.4) is 0 Å². The maximum atomic E-state index is 5.44. The minimum absolute atomic E-state index is 0.107. The summed E-state index contributed by atoms with van der Waals surface area (Å²) in [7, 11) is 0. The van der Waals surface area contributed by atoms with Gasteiger partial charge >= 0.3 is 0 Å². The van der Waals surface area contributed by atoms with E-state index in [0.717, 1.165) is 18.7 Å². The van der Waals surface area contributed by atoms with Crippen molar-refractivity contribution >= 4 is 0 Å². The number of pyridine rings is 1. The third-order valence-electron chi connectivity index (χ3n) is 2.09. The summed E-state index contributed by atoms with van der Waals surface area (Å²) < 4.78 is 5.44. The highest BCUT2D eigenvalue weighted by Crippen LogP contribution is 2.13. The van der Waals surface area contributed by atoms with Gasteiger partial charge in [0.15, 0.2) is 0 Å². The Morgan fingerprint density at radius 2 is 2.15 bits per heavy atom. The Morgan fingerprint density at radius 1 is 1.38 bits per heavy atom. The number of hydrogen-bond acceptors (Lipinski definition) is 2. The first-order chi connectivity index (χ1) is 6.27. The summed E-state index contributed by atoms with van der Waals surface area (Å²) in [4.78, 5) is 4.34. The molecule has 0 fully saturated rings. The summed E-state index contributed by atoms with van der Waals surface area (Å²) in [5.74, 6) is 0. The van der Waals surface area contributed by atoms with Gasteiger partial charge < -0.3 is 4.74 Å². The molecule has 0 bridgehead atoms. The minimum atomic E-state index is 0.107. The summed E-state index contributed by atoms with van der Waals surface area (Å²) in [5.41, 5.74) is 2.28. The van der Waals surface area contributed by atoms with Crippen molar-refractivity contribution in [3.05, 3.63) is 29.6 Å². The molecule has 0 saturated carbocycles. The highest BCUT2D eigenvalue weighted by molar-refractivity contribution is 5.15. The molecule has 0 aliphatic rings. The first kappa shape index (κ1) is 10.2. The number of aromatic nitrogens is 1. The molecule has 72 valence electrons. The van der Waals surface area contributed by atoms with E-state index in [2.05, 4.69) is 18.0 Å². The van der Waals surface area contributed by atoms with E-state index >= 15 is 0 Å². The quantitative estimate of drug-likeness (QED) is 0.709. The molecule has 0 spiro atoms. The van der Waals surface area contributed by atoms with Crippen molar-refractivity contribution in [2.75, 3.05) is 6.61 Å². The van der Waals surface area contributed by atoms with Crippen LogP contribution in [0.4, 0.5) is 0 Å². The van der Waals surface area contributed by atoms with Gasteiger partial charge in [-0.25, -0.2) is 0 Å². The third kappa shape index (κ3) is 2.81. The van der Waals surface area contributed by atoms with Crippen LogP contribution in [0, 0.1) is 0 Å². The molecule has 0 saturated heterocycles. The lowest BCUT2D eigenvalue weighted by Crippen LogP contribution is -2.02. The van der Waals surface area contributed by atoms with Gasteiger partial charge in [0.05, 0.1) is 11.8 Å². The van der Waals surface area contributed by atoms with Crippen molar-refractivity contribution in [1.82, 2.24) is 4.98 Å². The number of hydrogen-bond donors (Lipinski definition) is 0. The van der Waals surface area contributed by atoms with Gasteiger partial charge in [-0.15, -0.1) is 0 Å². The molecule has 1 aromatic heterocycles. The van der Waals surface area contributed by atoms with Crippen LogP contribution in [0.15, 0.2) is 18.3 Å². The van der Waals surface area contributed by atoms with Crippen LogP contribution in [0.2, 0.25) is 0 Å². The molecule has 1 aromatic rings. The van der Waals surface area contributed by atoms with E-state index in [-0.39, 0.29) is 6.10 Å². The fraction of sp³-hybridized carbons (Fsp3) is 0.545. The summed E-state index contributed by atoms with van der Waals surface area (Å²) in [5, 5.41) is 0. The Balaban J connectivity index is 2.67. The highest BCUT2D eigenvalue weighted by atomic mass is 16.5. The maximum Gasteiger partial charge on any atom is 0.0966 e. The van der Waals surface area contributed by atoms with Gasteiger partial charge in [0.2, 0.25) is 0 Å². The zero-order valence-electron chi connectivity index (χ0n) is 8.58. The first-order valence-electron chi connectivity index (χ1n) is 4.84. The van der Waals surface area contributed by atoms with Crippen LogP contribution >= 0.6 is 0 Å². The molecule has 0 N–H and O–H groups in total. The predicted molar refractivity (Wildman–Crippen MR) is 53.7 cm³/mol. The fourth-order valence-corrected chi connectivity index (χ4v) is 1.22. The van der Waals surface area contributed by atoms with Gasteiger partial charge in [0.25, 0.3) is 0 Å². The SMILES string of the molecule is CCOC(C)c1ccc(CC)cn1. The van der Waals surface area contributed by atoms with Crippen LogP contribution in [0.5, 0.6) is 0 Å². The lowest BCUT2D eigenvalue weighted by atomic mass is 10.2.